The molecule has 25 heavy (non-hydrogen) atoms. The molecule has 1 fully saturated rings. The van der Waals surface area contributed by atoms with Gasteiger partial charge >= 0.3 is 0 Å². The Balaban J connectivity index is 2.01. The minimum atomic E-state index is -2.84. The van der Waals surface area contributed by atoms with E-state index < -0.39 is 7.14 Å². The molecule has 0 unspecified atom stereocenters. The fraction of sp³-hybridized carbons (Fsp3) is 0.318. The van der Waals surface area contributed by atoms with Gasteiger partial charge in [-0.25, -0.2) is 0 Å². The quantitative estimate of drug-likeness (QED) is 0.717. The lowest BCUT2D eigenvalue weighted by molar-refractivity contribution is -0.117. The summed E-state index contributed by atoms with van der Waals surface area (Å²) in [4.78, 5) is 11.6. The Hall–Kier alpha value is -1.92. The van der Waals surface area contributed by atoms with E-state index in [1.165, 1.54) is 0 Å². The molecule has 2 aromatic rings. The summed E-state index contributed by atoms with van der Waals surface area (Å²) in [6.07, 6.45) is 2.30. The van der Waals surface area contributed by atoms with Gasteiger partial charge in [0.2, 0.25) is 0 Å². The topological polar surface area (TPSA) is 34.1 Å². The van der Waals surface area contributed by atoms with Gasteiger partial charge in [-0.05, 0) is 31.0 Å². The summed E-state index contributed by atoms with van der Waals surface area (Å²) in [6.45, 7) is 4.22. The predicted octanol–water partition coefficient (Wildman–Crippen LogP) is 4.91. The van der Waals surface area contributed by atoms with E-state index in [2.05, 4.69) is 13.8 Å². The molecule has 0 aromatic heterocycles. The molecule has 2 nitrogen and oxygen atoms in total. The molecule has 0 aliphatic heterocycles. The van der Waals surface area contributed by atoms with Crippen molar-refractivity contribution in [3.05, 3.63) is 72.1 Å². The lowest BCUT2D eigenvalue weighted by atomic mass is 9.88. The van der Waals surface area contributed by atoms with Crippen LogP contribution in [0.5, 0.6) is 0 Å². The number of rotatable bonds is 5. The second-order valence-electron chi connectivity index (χ2n) is 7.03. The molecule has 1 aliphatic rings. The summed E-state index contributed by atoms with van der Waals surface area (Å²) >= 11 is 0. The number of benzene rings is 2. The van der Waals surface area contributed by atoms with Crippen molar-refractivity contribution in [1.29, 1.82) is 0 Å². The number of hydrogen-bond acceptors (Lipinski definition) is 2. The first kappa shape index (κ1) is 17.9. The van der Waals surface area contributed by atoms with Crippen LogP contribution in [0.2, 0.25) is 0 Å². The molecule has 0 heterocycles. The number of carbonyl (C=O) groups excluding carboxylic acids is 1. The highest BCUT2D eigenvalue weighted by atomic mass is 31.2. The molecule has 130 valence electrons. The Morgan fingerprint density at radius 2 is 1.56 bits per heavy atom. The third kappa shape index (κ3) is 3.85. The molecule has 1 saturated carbocycles. The smallest absolute Gasteiger partial charge is 0.164 e. The van der Waals surface area contributed by atoms with E-state index in [9.17, 15) is 9.36 Å². The Labute approximate surface area is 150 Å². The molecule has 0 saturated heterocycles. The number of Topliss-reactive ketones (excluding diaryl/α,β-unsaturated/α-hetero) is 1. The minimum Gasteiger partial charge on any atom is -0.309 e. The van der Waals surface area contributed by atoms with Crippen LogP contribution in [0.4, 0.5) is 0 Å². The first-order chi connectivity index (χ1) is 12.0. The molecular weight excluding hydrogens is 327 g/mol. The van der Waals surface area contributed by atoms with E-state index in [1.807, 2.05) is 66.5 Å². The summed E-state index contributed by atoms with van der Waals surface area (Å²) < 4.78 is 14.1. The summed E-state index contributed by atoms with van der Waals surface area (Å²) in [6, 6.07) is 19.4. The van der Waals surface area contributed by atoms with Crippen LogP contribution in [0, 0.1) is 11.8 Å². The monoisotopic (exact) mass is 352 g/mol. The van der Waals surface area contributed by atoms with Crippen LogP contribution in [-0.2, 0) is 9.36 Å². The largest absolute Gasteiger partial charge is 0.309 e. The summed E-state index contributed by atoms with van der Waals surface area (Å²) in [5, 5.41) is 1.71. The highest BCUT2D eigenvalue weighted by Crippen LogP contribution is 2.47. The molecule has 0 radical (unpaired) electrons. The molecule has 3 heteroatoms. The van der Waals surface area contributed by atoms with Gasteiger partial charge in [0.15, 0.2) is 7.14 Å². The molecule has 0 N–H and O–H groups in total. The average molecular weight is 352 g/mol. The van der Waals surface area contributed by atoms with Crippen molar-refractivity contribution >= 4 is 23.5 Å². The van der Waals surface area contributed by atoms with E-state index >= 15 is 0 Å². The predicted molar refractivity (Wildman–Crippen MR) is 105 cm³/mol. The first-order valence-corrected chi connectivity index (χ1v) is 10.7. The van der Waals surface area contributed by atoms with Crippen LogP contribution >= 0.6 is 7.14 Å². The van der Waals surface area contributed by atoms with Crippen LogP contribution in [-0.4, -0.2) is 5.78 Å². The van der Waals surface area contributed by atoms with Crippen molar-refractivity contribution in [3.8, 4) is 0 Å². The third-order valence-electron chi connectivity index (χ3n) is 5.37. The number of allylic oxidation sites excluding steroid dienone is 1. The van der Waals surface area contributed by atoms with Gasteiger partial charge in [0.05, 0.1) is 0 Å². The van der Waals surface area contributed by atoms with Crippen molar-refractivity contribution in [2.24, 2.45) is 11.8 Å². The van der Waals surface area contributed by atoms with Gasteiger partial charge in [0.25, 0.3) is 0 Å². The van der Waals surface area contributed by atoms with Gasteiger partial charge in [0.1, 0.15) is 5.78 Å². The van der Waals surface area contributed by atoms with Crippen molar-refractivity contribution in [1.82, 2.24) is 0 Å². The highest BCUT2D eigenvalue weighted by Gasteiger charge is 2.30. The van der Waals surface area contributed by atoms with E-state index in [-0.39, 0.29) is 5.92 Å². The van der Waals surface area contributed by atoms with Gasteiger partial charge in [-0.1, -0.05) is 73.2 Å². The van der Waals surface area contributed by atoms with Crippen molar-refractivity contribution in [2.45, 2.75) is 33.1 Å². The van der Waals surface area contributed by atoms with Crippen LogP contribution in [0.15, 0.2) is 72.1 Å². The zero-order valence-electron chi connectivity index (χ0n) is 14.9. The number of carbonyl (C=O) groups is 1. The van der Waals surface area contributed by atoms with E-state index in [4.69, 9.17) is 0 Å². The molecule has 3 rings (SSSR count). The fourth-order valence-electron chi connectivity index (χ4n) is 3.64. The first-order valence-electron chi connectivity index (χ1n) is 8.93. The molecular formula is C22H25O2P. The van der Waals surface area contributed by atoms with Crippen LogP contribution in [0.25, 0.3) is 0 Å². The fourth-order valence-corrected chi connectivity index (χ4v) is 6.28. The zero-order valence-corrected chi connectivity index (χ0v) is 15.8. The maximum Gasteiger partial charge on any atom is 0.164 e. The maximum absolute atomic E-state index is 14.1. The lowest BCUT2D eigenvalue weighted by Crippen LogP contribution is -2.16. The molecule has 2 aromatic carbocycles. The van der Waals surface area contributed by atoms with E-state index in [1.54, 1.807) is 0 Å². The maximum atomic E-state index is 14.1. The number of hydrogen-bond donors (Lipinski definition) is 0. The average Bonchev–Trinajstić information content (AvgIpc) is 3.08. The van der Waals surface area contributed by atoms with Gasteiger partial charge in [-0.3, -0.25) is 4.79 Å². The van der Waals surface area contributed by atoms with Gasteiger partial charge in [-0.2, -0.15) is 0 Å². The Bertz CT molecular complexity index is 765. The Kier molecular flexibility index (Phi) is 5.39. The van der Waals surface area contributed by atoms with Gasteiger partial charge < -0.3 is 4.57 Å². The van der Waals surface area contributed by atoms with Crippen molar-refractivity contribution in [2.75, 3.05) is 0 Å². The zero-order chi connectivity index (χ0) is 17.9. The molecule has 0 amide bonds. The van der Waals surface area contributed by atoms with Crippen LogP contribution in [0.1, 0.15) is 33.1 Å². The Morgan fingerprint density at radius 3 is 2.00 bits per heavy atom. The van der Waals surface area contributed by atoms with Gasteiger partial charge in [0, 0.05) is 23.5 Å². The second kappa shape index (κ2) is 7.54. The molecule has 1 aliphatic carbocycles. The standard InChI is InChI=1S/C22H25O2P/c1-17(18(2)19-13-14-20(23)15-19)16-25(24,21-9-5-3-6-10-21)22-11-7-4-8-12-22/h3-12,16,18-19H,13-15H2,1-2H3/b17-16+/t18-,19+/m1/s1. The highest BCUT2D eigenvalue weighted by molar-refractivity contribution is 7.81. The van der Waals surface area contributed by atoms with Gasteiger partial charge in [-0.15, -0.1) is 0 Å². The normalized spacial score (nSPS) is 19.8. The SMILES string of the molecule is C/C(=C\P(=O)(c1ccccc1)c1ccccc1)[C@@H](C)[C@H]1CCC(=O)C1. The summed E-state index contributed by atoms with van der Waals surface area (Å²) in [5.74, 6) is 2.99. The lowest BCUT2D eigenvalue weighted by Gasteiger charge is -2.22. The van der Waals surface area contributed by atoms with Crippen molar-refractivity contribution in [3.63, 3.8) is 0 Å². The third-order valence-corrected chi connectivity index (χ3v) is 8.28. The van der Waals surface area contributed by atoms with Crippen LogP contribution in [0.3, 0.4) is 0 Å². The van der Waals surface area contributed by atoms with E-state index in [0.29, 0.717) is 24.5 Å². The van der Waals surface area contributed by atoms with Crippen molar-refractivity contribution < 1.29 is 9.36 Å². The summed E-state index contributed by atoms with van der Waals surface area (Å²) in [5.41, 5.74) is 1.12. The number of ketones is 1. The Morgan fingerprint density at radius 1 is 1.04 bits per heavy atom. The van der Waals surface area contributed by atoms with E-state index in [0.717, 1.165) is 22.6 Å². The molecule has 2 atom stereocenters. The minimum absolute atomic E-state index is 0.271. The summed E-state index contributed by atoms with van der Waals surface area (Å²) in [7, 11) is -2.84. The molecule has 0 spiro atoms. The molecule has 0 bridgehead atoms. The second-order valence-corrected chi connectivity index (χ2v) is 9.64. The van der Waals surface area contributed by atoms with Crippen LogP contribution < -0.4 is 10.6 Å².